The van der Waals surface area contributed by atoms with Crippen molar-refractivity contribution < 1.29 is 0 Å². The van der Waals surface area contributed by atoms with Gasteiger partial charge < -0.3 is 4.90 Å². The monoisotopic (exact) mass is 281 g/mol. The first kappa shape index (κ1) is 16.3. The molecule has 2 fully saturated rings. The molecule has 3 nitrogen and oxygen atoms in total. The van der Waals surface area contributed by atoms with E-state index in [-0.39, 0.29) is 0 Å². The van der Waals surface area contributed by atoms with Crippen LogP contribution in [-0.4, -0.2) is 72.1 Å². The molecule has 0 aromatic rings. The summed E-state index contributed by atoms with van der Waals surface area (Å²) in [7, 11) is 0. The van der Waals surface area contributed by atoms with Gasteiger partial charge in [0.25, 0.3) is 0 Å². The van der Waals surface area contributed by atoms with E-state index in [4.69, 9.17) is 0 Å². The van der Waals surface area contributed by atoms with Crippen LogP contribution in [0.15, 0.2) is 0 Å². The standard InChI is InChI=1S/C17H35N3/c1-14(2)19-10-8-18(9-11-19)13-17-6-7-20(15(3)4)16(5)12-17/h14-17H,6-13H2,1-5H3/t16-,17-/m1/s1. The predicted octanol–water partition coefficient (Wildman–Crippen LogP) is 2.52. The molecule has 20 heavy (non-hydrogen) atoms. The van der Waals surface area contributed by atoms with Gasteiger partial charge in [0, 0.05) is 50.8 Å². The zero-order valence-corrected chi connectivity index (χ0v) is 14.3. The van der Waals surface area contributed by atoms with Crippen LogP contribution in [0, 0.1) is 5.92 Å². The van der Waals surface area contributed by atoms with Crippen molar-refractivity contribution in [2.45, 2.75) is 65.6 Å². The summed E-state index contributed by atoms with van der Waals surface area (Å²) in [6, 6.07) is 2.19. The van der Waals surface area contributed by atoms with Crippen LogP contribution in [0.2, 0.25) is 0 Å². The van der Waals surface area contributed by atoms with Crippen molar-refractivity contribution in [1.82, 2.24) is 14.7 Å². The molecule has 2 atom stereocenters. The highest BCUT2D eigenvalue weighted by Gasteiger charge is 2.29. The Labute approximate surface area is 126 Å². The lowest BCUT2D eigenvalue weighted by molar-refractivity contribution is 0.0542. The third kappa shape index (κ3) is 4.19. The fourth-order valence-electron chi connectivity index (χ4n) is 4.05. The molecule has 0 amide bonds. The zero-order chi connectivity index (χ0) is 14.7. The Hall–Kier alpha value is -0.120. The molecule has 2 aliphatic rings. The smallest absolute Gasteiger partial charge is 0.0113 e. The summed E-state index contributed by atoms with van der Waals surface area (Å²) in [6.45, 7) is 19.4. The third-order valence-electron chi connectivity index (χ3n) is 5.35. The summed E-state index contributed by atoms with van der Waals surface area (Å²) in [5.41, 5.74) is 0. The van der Waals surface area contributed by atoms with Crippen LogP contribution in [0.3, 0.4) is 0 Å². The molecule has 0 unspecified atom stereocenters. The molecule has 0 aromatic carbocycles. The normalized spacial score (nSPS) is 31.4. The van der Waals surface area contributed by atoms with Gasteiger partial charge in [-0.15, -0.1) is 0 Å². The van der Waals surface area contributed by atoms with Gasteiger partial charge in [0.05, 0.1) is 0 Å². The number of hydrogen-bond acceptors (Lipinski definition) is 3. The van der Waals surface area contributed by atoms with Crippen LogP contribution in [0.25, 0.3) is 0 Å². The second kappa shape index (κ2) is 7.24. The molecule has 0 spiro atoms. The number of piperidine rings is 1. The van der Waals surface area contributed by atoms with E-state index >= 15 is 0 Å². The lowest BCUT2D eigenvalue weighted by Gasteiger charge is -2.43. The molecule has 0 saturated carbocycles. The van der Waals surface area contributed by atoms with E-state index in [1.165, 1.54) is 52.1 Å². The molecular weight excluding hydrogens is 246 g/mol. The van der Waals surface area contributed by atoms with Crippen molar-refractivity contribution in [1.29, 1.82) is 0 Å². The molecule has 118 valence electrons. The van der Waals surface area contributed by atoms with E-state index in [1.807, 2.05) is 0 Å². The molecule has 2 heterocycles. The summed E-state index contributed by atoms with van der Waals surface area (Å²) in [5.74, 6) is 0.922. The fourth-order valence-corrected chi connectivity index (χ4v) is 4.05. The number of piperazine rings is 1. The minimum Gasteiger partial charge on any atom is -0.301 e. The Morgan fingerprint density at radius 3 is 2.05 bits per heavy atom. The first-order chi connectivity index (χ1) is 9.47. The van der Waals surface area contributed by atoms with Crippen molar-refractivity contribution >= 4 is 0 Å². The van der Waals surface area contributed by atoms with Crippen molar-refractivity contribution in [2.24, 2.45) is 5.92 Å². The highest BCUT2D eigenvalue weighted by Crippen LogP contribution is 2.25. The van der Waals surface area contributed by atoms with Gasteiger partial charge in [-0.2, -0.15) is 0 Å². The van der Waals surface area contributed by atoms with Crippen molar-refractivity contribution in [3.63, 3.8) is 0 Å². The zero-order valence-electron chi connectivity index (χ0n) is 14.3. The van der Waals surface area contributed by atoms with Crippen LogP contribution >= 0.6 is 0 Å². The first-order valence-corrected chi connectivity index (χ1v) is 8.69. The Morgan fingerprint density at radius 2 is 1.55 bits per heavy atom. The quantitative estimate of drug-likeness (QED) is 0.784. The van der Waals surface area contributed by atoms with Crippen molar-refractivity contribution in [3.8, 4) is 0 Å². The number of likely N-dealkylation sites (tertiary alicyclic amines) is 1. The second-order valence-corrected chi connectivity index (χ2v) is 7.50. The van der Waals surface area contributed by atoms with Crippen molar-refractivity contribution in [3.05, 3.63) is 0 Å². The van der Waals surface area contributed by atoms with E-state index < -0.39 is 0 Å². The number of rotatable bonds is 4. The van der Waals surface area contributed by atoms with E-state index in [2.05, 4.69) is 49.3 Å². The van der Waals surface area contributed by atoms with Gasteiger partial charge >= 0.3 is 0 Å². The van der Waals surface area contributed by atoms with Crippen LogP contribution in [-0.2, 0) is 0 Å². The minimum atomic E-state index is 0.709. The maximum absolute atomic E-state index is 2.71. The van der Waals surface area contributed by atoms with E-state index in [1.54, 1.807) is 0 Å². The highest BCUT2D eigenvalue weighted by atomic mass is 15.3. The molecule has 2 saturated heterocycles. The molecule has 0 aliphatic carbocycles. The Bertz CT molecular complexity index is 282. The summed E-state index contributed by atoms with van der Waals surface area (Å²) in [6.07, 6.45) is 2.79. The van der Waals surface area contributed by atoms with Crippen LogP contribution < -0.4 is 0 Å². The second-order valence-electron chi connectivity index (χ2n) is 7.50. The SMILES string of the molecule is CC(C)N1CCN(C[C@@H]2CCN(C(C)C)[C@H](C)C2)CC1. The summed E-state index contributed by atoms with van der Waals surface area (Å²) in [5, 5.41) is 0. The molecule has 2 rings (SSSR count). The molecular formula is C17H35N3. The highest BCUT2D eigenvalue weighted by molar-refractivity contribution is 4.84. The largest absolute Gasteiger partial charge is 0.301 e. The van der Waals surface area contributed by atoms with Gasteiger partial charge in [0.2, 0.25) is 0 Å². The summed E-state index contributed by atoms with van der Waals surface area (Å²) < 4.78 is 0. The lowest BCUT2D eigenvalue weighted by atomic mass is 9.90. The topological polar surface area (TPSA) is 9.72 Å². The van der Waals surface area contributed by atoms with Gasteiger partial charge in [-0.25, -0.2) is 0 Å². The third-order valence-corrected chi connectivity index (χ3v) is 5.35. The van der Waals surface area contributed by atoms with Crippen molar-refractivity contribution in [2.75, 3.05) is 39.3 Å². The van der Waals surface area contributed by atoms with Crippen LogP contribution in [0.4, 0.5) is 0 Å². The summed E-state index contributed by atoms with van der Waals surface area (Å²) >= 11 is 0. The van der Waals surface area contributed by atoms with E-state index in [9.17, 15) is 0 Å². The van der Waals surface area contributed by atoms with Gasteiger partial charge in [0.1, 0.15) is 0 Å². The van der Waals surface area contributed by atoms with E-state index in [0.29, 0.717) is 12.1 Å². The Balaban J connectivity index is 1.73. The Kier molecular flexibility index (Phi) is 5.88. The van der Waals surface area contributed by atoms with Crippen LogP contribution in [0.1, 0.15) is 47.5 Å². The Morgan fingerprint density at radius 1 is 0.900 bits per heavy atom. The average Bonchev–Trinajstić information content (AvgIpc) is 2.39. The molecule has 0 radical (unpaired) electrons. The van der Waals surface area contributed by atoms with Gasteiger partial charge in [-0.1, -0.05) is 0 Å². The molecule has 2 aliphatic heterocycles. The number of nitrogens with zero attached hydrogens (tertiary/aromatic N) is 3. The number of hydrogen-bond donors (Lipinski definition) is 0. The lowest BCUT2D eigenvalue weighted by Crippen LogP contribution is -2.51. The maximum Gasteiger partial charge on any atom is 0.0113 e. The fraction of sp³-hybridized carbons (Fsp3) is 1.00. The van der Waals surface area contributed by atoms with E-state index in [0.717, 1.165) is 12.0 Å². The molecule has 0 N–H and O–H groups in total. The van der Waals surface area contributed by atoms with Gasteiger partial charge in [-0.3, -0.25) is 9.80 Å². The maximum atomic E-state index is 2.71. The van der Waals surface area contributed by atoms with Gasteiger partial charge in [0.15, 0.2) is 0 Å². The molecule has 3 heteroatoms. The minimum absolute atomic E-state index is 0.709. The summed E-state index contributed by atoms with van der Waals surface area (Å²) in [4.78, 5) is 8.00. The first-order valence-electron chi connectivity index (χ1n) is 8.69. The van der Waals surface area contributed by atoms with Crippen LogP contribution in [0.5, 0.6) is 0 Å². The molecule has 0 aromatic heterocycles. The van der Waals surface area contributed by atoms with Gasteiger partial charge in [-0.05, 0) is 59.9 Å². The predicted molar refractivity (Wildman–Crippen MR) is 87.2 cm³/mol. The molecule has 0 bridgehead atoms. The average molecular weight is 281 g/mol.